The molecule has 0 fully saturated rings. The van der Waals surface area contributed by atoms with Crippen molar-refractivity contribution in [1.29, 1.82) is 0 Å². The SMILES string of the molecule is Cc1cc(S(=O)(=O)NCCCCCCC(C)C)sc1CN. The number of nitrogens with one attached hydrogen (secondary N) is 1. The molecule has 0 aliphatic carbocycles. The van der Waals surface area contributed by atoms with Crippen LogP contribution in [0.2, 0.25) is 0 Å². The molecule has 0 bridgehead atoms. The normalized spacial score (nSPS) is 12.2. The van der Waals surface area contributed by atoms with Crippen LogP contribution in [0.3, 0.4) is 0 Å². The number of thiophene rings is 1. The third-order valence-corrected chi connectivity index (χ3v) is 6.64. The maximum absolute atomic E-state index is 12.2. The summed E-state index contributed by atoms with van der Waals surface area (Å²) in [4.78, 5) is 0.934. The van der Waals surface area contributed by atoms with E-state index in [1.165, 1.54) is 30.6 Å². The fraction of sp³-hybridized carbons (Fsp3) is 0.733. The van der Waals surface area contributed by atoms with Crippen LogP contribution in [0.15, 0.2) is 10.3 Å². The number of hydrogen-bond donors (Lipinski definition) is 2. The molecule has 0 spiro atoms. The van der Waals surface area contributed by atoms with Gasteiger partial charge in [0.2, 0.25) is 10.0 Å². The maximum atomic E-state index is 12.2. The predicted octanol–water partition coefficient (Wildman–Crippen LogP) is 3.40. The van der Waals surface area contributed by atoms with Gasteiger partial charge in [0, 0.05) is 18.0 Å². The smallest absolute Gasteiger partial charge is 0.250 e. The zero-order valence-electron chi connectivity index (χ0n) is 13.3. The molecule has 1 aromatic heterocycles. The number of nitrogens with two attached hydrogens (primary N) is 1. The van der Waals surface area contributed by atoms with Gasteiger partial charge < -0.3 is 5.73 Å². The van der Waals surface area contributed by atoms with E-state index < -0.39 is 10.0 Å². The van der Waals surface area contributed by atoms with E-state index in [0.717, 1.165) is 29.2 Å². The first-order chi connectivity index (χ1) is 9.86. The molecule has 1 heterocycles. The minimum Gasteiger partial charge on any atom is -0.326 e. The molecule has 0 aliphatic rings. The van der Waals surface area contributed by atoms with Crippen LogP contribution in [-0.4, -0.2) is 15.0 Å². The third kappa shape index (κ3) is 6.46. The Morgan fingerprint density at radius 2 is 1.90 bits per heavy atom. The molecule has 1 aromatic rings. The van der Waals surface area contributed by atoms with Crippen LogP contribution >= 0.6 is 11.3 Å². The summed E-state index contributed by atoms with van der Waals surface area (Å²) in [7, 11) is -3.37. The Kier molecular flexibility index (Phi) is 7.87. The van der Waals surface area contributed by atoms with E-state index in [1.54, 1.807) is 6.07 Å². The van der Waals surface area contributed by atoms with Gasteiger partial charge in [0.15, 0.2) is 0 Å². The van der Waals surface area contributed by atoms with Gasteiger partial charge in [-0.1, -0.05) is 39.5 Å². The van der Waals surface area contributed by atoms with E-state index in [9.17, 15) is 8.42 Å². The van der Waals surface area contributed by atoms with Crippen molar-refractivity contribution in [3.63, 3.8) is 0 Å². The lowest BCUT2D eigenvalue weighted by atomic mass is 10.0. The van der Waals surface area contributed by atoms with Gasteiger partial charge in [-0.15, -0.1) is 11.3 Å². The molecule has 0 unspecified atom stereocenters. The molecule has 3 N–H and O–H groups in total. The second-order valence-electron chi connectivity index (χ2n) is 5.87. The molecule has 122 valence electrons. The fourth-order valence-electron chi connectivity index (χ4n) is 2.13. The first kappa shape index (κ1) is 18.6. The molecular weight excluding hydrogens is 304 g/mol. The number of rotatable bonds is 10. The van der Waals surface area contributed by atoms with Crippen molar-refractivity contribution in [3.05, 3.63) is 16.5 Å². The maximum Gasteiger partial charge on any atom is 0.250 e. The zero-order chi connectivity index (χ0) is 15.9. The van der Waals surface area contributed by atoms with Crippen molar-refractivity contribution in [1.82, 2.24) is 4.72 Å². The lowest BCUT2D eigenvalue weighted by molar-refractivity contribution is 0.517. The van der Waals surface area contributed by atoms with E-state index in [0.29, 0.717) is 17.3 Å². The average molecular weight is 333 g/mol. The summed E-state index contributed by atoms with van der Waals surface area (Å²) in [5.41, 5.74) is 6.55. The summed E-state index contributed by atoms with van der Waals surface area (Å²) in [6.07, 6.45) is 5.63. The Balaban J connectivity index is 2.33. The standard InChI is InChI=1S/C15H28N2O2S2/c1-12(2)8-6-4-5-7-9-17-21(18,19)15-10-13(3)14(11-16)20-15/h10,12,17H,4-9,11,16H2,1-3H3. The van der Waals surface area contributed by atoms with Gasteiger partial charge in [-0.05, 0) is 30.9 Å². The van der Waals surface area contributed by atoms with Crippen LogP contribution in [0, 0.1) is 12.8 Å². The monoisotopic (exact) mass is 332 g/mol. The van der Waals surface area contributed by atoms with Gasteiger partial charge >= 0.3 is 0 Å². The predicted molar refractivity (Wildman–Crippen MR) is 90.1 cm³/mol. The van der Waals surface area contributed by atoms with Crippen LogP contribution in [0.5, 0.6) is 0 Å². The Morgan fingerprint density at radius 1 is 1.24 bits per heavy atom. The average Bonchev–Trinajstić information content (AvgIpc) is 2.79. The van der Waals surface area contributed by atoms with E-state index in [-0.39, 0.29) is 0 Å². The van der Waals surface area contributed by atoms with Crippen molar-refractivity contribution >= 4 is 21.4 Å². The minimum atomic E-state index is -3.37. The Hall–Kier alpha value is -0.430. The largest absolute Gasteiger partial charge is 0.326 e. The van der Waals surface area contributed by atoms with E-state index in [1.807, 2.05) is 6.92 Å². The molecular formula is C15H28N2O2S2. The lowest BCUT2D eigenvalue weighted by Crippen LogP contribution is -2.24. The van der Waals surface area contributed by atoms with Crippen LogP contribution < -0.4 is 10.5 Å². The summed E-state index contributed by atoms with van der Waals surface area (Å²) in [6, 6.07) is 1.71. The Labute approximate surface area is 133 Å². The van der Waals surface area contributed by atoms with Gasteiger partial charge in [-0.3, -0.25) is 0 Å². The highest BCUT2D eigenvalue weighted by molar-refractivity contribution is 7.91. The van der Waals surface area contributed by atoms with Crippen LogP contribution in [0.1, 0.15) is 56.4 Å². The fourth-order valence-corrected chi connectivity index (χ4v) is 4.72. The topological polar surface area (TPSA) is 72.2 Å². The molecule has 0 aliphatic heterocycles. The van der Waals surface area contributed by atoms with Crippen molar-refractivity contribution in [2.45, 2.75) is 63.6 Å². The summed E-state index contributed by atoms with van der Waals surface area (Å²) >= 11 is 1.27. The highest BCUT2D eigenvalue weighted by Gasteiger charge is 2.17. The molecule has 6 heteroatoms. The second-order valence-corrected chi connectivity index (χ2v) is 9.00. The first-order valence-electron chi connectivity index (χ1n) is 7.66. The van der Waals surface area contributed by atoms with Crippen molar-refractivity contribution in [2.24, 2.45) is 11.7 Å². The molecule has 0 saturated heterocycles. The summed E-state index contributed by atoms with van der Waals surface area (Å²) in [6.45, 7) is 7.26. The van der Waals surface area contributed by atoms with E-state index >= 15 is 0 Å². The molecule has 0 aromatic carbocycles. The Morgan fingerprint density at radius 3 is 2.48 bits per heavy atom. The molecule has 0 saturated carbocycles. The third-order valence-electron chi connectivity index (χ3n) is 3.45. The highest BCUT2D eigenvalue weighted by atomic mass is 32.2. The summed E-state index contributed by atoms with van der Waals surface area (Å²) in [5.74, 6) is 0.752. The summed E-state index contributed by atoms with van der Waals surface area (Å²) in [5, 5.41) is 0. The zero-order valence-corrected chi connectivity index (χ0v) is 14.9. The van der Waals surface area contributed by atoms with Crippen molar-refractivity contribution in [3.8, 4) is 0 Å². The van der Waals surface area contributed by atoms with Gasteiger partial charge in [0.25, 0.3) is 0 Å². The van der Waals surface area contributed by atoms with Crippen molar-refractivity contribution in [2.75, 3.05) is 6.54 Å². The number of hydrogen-bond acceptors (Lipinski definition) is 4. The van der Waals surface area contributed by atoms with Crippen LogP contribution in [-0.2, 0) is 16.6 Å². The molecule has 1 rings (SSSR count). The van der Waals surface area contributed by atoms with E-state index in [2.05, 4.69) is 18.6 Å². The molecule has 0 radical (unpaired) electrons. The van der Waals surface area contributed by atoms with E-state index in [4.69, 9.17) is 5.73 Å². The lowest BCUT2D eigenvalue weighted by Gasteiger charge is -2.06. The van der Waals surface area contributed by atoms with Crippen LogP contribution in [0.4, 0.5) is 0 Å². The van der Waals surface area contributed by atoms with Gasteiger partial charge in [0.05, 0.1) is 0 Å². The van der Waals surface area contributed by atoms with Crippen molar-refractivity contribution < 1.29 is 8.42 Å². The number of unbranched alkanes of at least 4 members (excludes halogenated alkanes) is 3. The first-order valence-corrected chi connectivity index (χ1v) is 9.96. The Bertz CT molecular complexity index is 522. The highest BCUT2D eigenvalue weighted by Crippen LogP contribution is 2.25. The molecule has 4 nitrogen and oxygen atoms in total. The minimum absolute atomic E-state index is 0.375. The summed E-state index contributed by atoms with van der Waals surface area (Å²) < 4.78 is 27.4. The molecule has 0 atom stereocenters. The van der Waals surface area contributed by atoms with Crippen LogP contribution in [0.25, 0.3) is 0 Å². The molecule has 21 heavy (non-hydrogen) atoms. The van der Waals surface area contributed by atoms with Gasteiger partial charge in [-0.25, -0.2) is 13.1 Å². The molecule has 0 amide bonds. The second kappa shape index (κ2) is 8.88. The van der Waals surface area contributed by atoms with Gasteiger partial charge in [0.1, 0.15) is 4.21 Å². The number of aryl methyl sites for hydroxylation is 1. The quantitative estimate of drug-likeness (QED) is 0.645. The van der Waals surface area contributed by atoms with Gasteiger partial charge in [-0.2, -0.15) is 0 Å². The number of sulfonamides is 1.